The third kappa shape index (κ3) is 3.27. The second-order valence-corrected chi connectivity index (χ2v) is 5.78. The average Bonchev–Trinajstić information content (AvgIpc) is 2.46. The molecule has 0 saturated heterocycles. The van der Waals surface area contributed by atoms with Gasteiger partial charge in [-0.15, -0.1) is 0 Å². The number of esters is 1. The zero-order chi connectivity index (χ0) is 18.1. The zero-order valence-corrected chi connectivity index (χ0v) is 13.5. The van der Waals surface area contributed by atoms with Crippen LogP contribution in [0, 0.1) is 0 Å². The highest BCUT2D eigenvalue weighted by molar-refractivity contribution is 5.88. The number of nitrogens with zero attached hydrogens (tertiary/aromatic N) is 1. The van der Waals surface area contributed by atoms with Crippen LogP contribution in [0.5, 0.6) is 5.75 Å². The molecule has 0 bridgehead atoms. The van der Waals surface area contributed by atoms with Crippen LogP contribution in [0.1, 0.15) is 26.3 Å². The van der Waals surface area contributed by atoms with Crippen molar-refractivity contribution >= 4 is 5.97 Å². The van der Waals surface area contributed by atoms with E-state index in [9.17, 15) is 19.2 Å². The van der Waals surface area contributed by atoms with Crippen LogP contribution in [0.4, 0.5) is 0 Å². The number of ether oxygens (including phenoxy) is 1. The minimum atomic E-state index is -1.04. The van der Waals surface area contributed by atoms with Crippen molar-refractivity contribution in [2.75, 3.05) is 0 Å². The molecule has 0 amide bonds. The number of rotatable bonds is 4. The van der Waals surface area contributed by atoms with Crippen LogP contribution in [0.3, 0.4) is 0 Å². The van der Waals surface area contributed by atoms with Crippen LogP contribution in [-0.2, 0) is 10.3 Å². The molecule has 2 N–H and O–H groups in total. The number of carbonyl (C=O) groups excluding carboxylic acids is 1. The molecule has 0 unspecified atom stereocenters. The minimum Gasteiger partial charge on any atom is -0.423 e. The summed E-state index contributed by atoms with van der Waals surface area (Å²) >= 11 is 0. The Morgan fingerprint density at radius 1 is 1.08 bits per heavy atom. The Hall–Kier alpha value is -3.16. The number of H-pyrrole nitrogens is 2. The van der Waals surface area contributed by atoms with Crippen molar-refractivity contribution in [3.63, 3.8) is 0 Å². The van der Waals surface area contributed by atoms with Crippen LogP contribution in [0.2, 0.25) is 0 Å². The molecule has 0 fully saturated rings. The van der Waals surface area contributed by atoms with Gasteiger partial charge in [0.05, 0.1) is 5.54 Å². The van der Waals surface area contributed by atoms with Gasteiger partial charge in [0.15, 0.2) is 0 Å². The quantitative estimate of drug-likeness (QED) is 0.481. The molecule has 0 spiro atoms. The molecule has 8 nitrogen and oxygen atoms in total. The fraction of sp³-hybridized carbons (Fsp3) is 0.250. The standard InChI is InChI=1S/C16H17N3O5/c1-9(2)12(20)24-11-7-5-10(6-8-11)16(3,4)19-14(22)17-13(21)18-15(19)23/h5-8H,1H2,2-4H3,(H2,17,18,21,22,23). The lowest BCUT2D eigenvalue weighted by molar-refractivity contribution is -0.130. The molecule has 1 heterocycles. The molecule has 1 aromatic heterocycles. The van der Waals surface area contributed by atoms with E-state index in [0.717, 1.165) is 4.57 Å². The van der Waals surface area contributed by atoms with E-state index in [1.165, 1.54) is 6.92 Å². The van der Waals surface area contributed by atoms with Crippen LogP contribution >= 0.6 is 0 Å². The molecule has 24 heavy (non-hydrogen) atoms. The molecule has 0 aliphatic carbocycles. The SMILES string of the molecule is C=C(C)C(=O)Oc1ccc(C(C)(C)n2c(=O)[nH]c(=O)[nH]c2=O)cc1. The van der Waals surface area contributed by atoms with Gasteiger partial charge in [0.25, 0.3) is 0 Å². The van der Waals surface area contributed by atoms with Gasteiger partial charge in [-0.1, -0.05) is 18.7 Å². The number of aromatic amines is 2. The van der Waals surface area contributed by atoms with Gasteiger partial charge in [-0.3, -0.25) is 9.97 Å². The Balaban J connectivity index is 2.42. The summed E-state index contributed by atoms with van der Waals surface area (Å²) in [4.78, 5) is 50.6. The maximum Gasteiger partial charge on any atom is 0.338 e. The van der Waals surface area contributed by atoms with Crippen LogP contribution in [-0.4, -0.2) is 20.5 Å². The molecule has 0 atom stereocenters. The molecule has 0 saturated carbocycles. The topological polar surface area (TPSA) is 114 Å². The van der Waals surface area contributed by atoms with E-state index in [4.69, 9.17) is 4.74 Å². The van der Waals surface area contributed by atoms with Crippen molar-refractivity contribution in [1.29, 1.82) is 0 Å². The molecule has 0 aliphatic rings. The lowest BCUT2D eigenvalue weighted by Crippen LogP contribution is -2.51. The third-order valence-corrected chi connectivity index (χ3v) is 3.53. The second-order valence-electron chi connectivity index (χ2n) is 5.78. The Labute approximate surface area is 136 Å². The lowest BCUT2D eigenvalue weighted by Gasteiger charge is -2.26. The molecule has 1 aromatic carbocycles. The number of nitrogens with one attached hydrogen (secondary N) is 2. The Morgan fingerprint density at radius 2 is 1.58 bits per heavy atom. The van der Waals surface area contributed by atoms with E-state index < -0.39 is 28.6 Å². The fourth-order valence-electron chi connectivity index (χ4n) is 2.19. The average molecular weight is 331 g/mol. The summed E-state index contributed by atoms with van der Waals surface area (Å²) < 4.78 is 6.00. The molecule has 0 aliphatic heterocycles. The smallest absolute Gasteiger partial charge is 0.338 e. The highest BCUT2D eigenvalue weighted by Gasteiger charge is 2.27. The molecule has 126 valence electrons. The van der Waals surface area contributed by atoms with E-state index in [2.05, 4.69) is 6.58 Å². The first-order valence-corrected chi connectivity index (χ1v) is 7.07. The summed E-state index contributed by atoms with van der Waals surface area (Å²) in [6.07, 6.45) is 0. The van der Waals surface area contributed by atoms with Crippen molar-refractivity contribution in [1.82, 2.24) is 14.5 Å². The first-order chi connectivity index (χ1) is 11.1. The Bertz CT molecular complexity index is 926. The second kappa shape index (κ2) is 6.15. The molecule has 8 heteroatoms. The maximum absolute atomic E-state index is 12.0. The Kier molecular flexibility index (Phi) is 4.41. The number of hydrogen-bond donors (Lipinski definition) is 2. The summed E-state index contributed by atoms with van der Waals surface area (Å²) in [7, 11) is 0. The van der Waals surface area contributed by atoms with Crippen molar-refractivity contribution in [2.45, 2.75) is 26.3 Å². The van der Waals surface area contributed by atoms with E-state index >= 15 is 0 Å². The summed E-state index contributed by atoms with van der Waals surface area (Å²) in [6, 6.07) is 6.34. The summed E-state index contributed by atoms with van der Waals surface area (Å²) in [5.41, 5.74) is -2.65. The number of aromatic nitrogens is 3. The maximum atomic E-state index is 12.0. The molecule has 2 aromatic rings. The van der Waals surface area contributed by atoms with E-state index in [-0.39, 0.29) is 5.57 Å². The third-order valence-electron chi connectivity index (χ3n) is 3.53. The van der Waals surface area contributed by atoms with E-state index in [1.807, 2.05) is 9.97 Å². The van der Waals surface area contributed by atoms with Gasteiger partial charge in [0.2, 0.25) is 0 Å². The number of carbonyl (C=O) groups is 1. The van der Waals surface area contributed by atoms with Gasteiger partial charge in [0, 0.05) is 5.57 Å². The van der Waals surface area contributed by atoms with Gasteiger partial charge in [-0.25, -0.2) is 23.7 Å². The van der Waals surface area contributed by atoms with Gasteiger partial charge in [-0.2, -0.15) is 0 Å². The zero-order valence-electron chi connectivity index (χ0n) is 13.5. The van der Waals surface area contributed by atoms with Crippen molar-refractivity contribution in [2.24, 2.45) is 0 Å². The van der Waals surface area contributed by atoms with Gasteiger partial charge in [0.1, 0.15) is 5.75 Å². The predicted octanol–water partition coefficient (Wildman–Crippen LogP) is 0.490. The number of benzene rings is 1. The molecular formula is C16H17N3O5. The van der Waals surface area contributed by atoms with E-state index in [0.29, 0.717) is 11.3 Å². The molecular weight excluding hydrogens is 314 g/mol. The highest BCUT2D eigenvalue weighted by Crippen LogP contribution is 2.24. The van der Waals surface area contributed by atoms with Crippen molar-refractivity contribution in [3.05, 3.63) is 73.4 Å². The van der Waals surface area contributed by atoms with Gasteiger partial charge in [-0.05, 0) is 38.5 Å². The lowest BCUT2D eigenvalue weighted by atomic mass is 9.94. The number of hydrogen-bond acceptors (Lipinski definition) is 5. The fourth-order valence-corrected chi connectivity index (χ4v) is 2.19. The Morgan fingerprint density at radius 3 is 2.04 bits per heavy atom. The van der Waals surface area contributed by atoms with Crippen LogP contribution < -0.4 is 21.8 Å². The van der Waals surface area contributed by atoms with E-state index in [1.54, 1.807) is 38.1 Å². The first kappa shape index (κ1) is 17.2. The summed E-state index contributed by atoms with van der Waals surface area (Å²) in [5, 5.41) is 0. The summed E-state index contributed by atoms with van der Waals surface area (Å²) in [5.74, 6) is -0.236. The van der Waals surface area contributed by atoms with Gasteiger partial charge < -0.3 is 4.74 Å². The molecule has 2 rings (SSSR count). The monoisotopic (exact) mass is 331 g/mol. The predicted molar refractivity (Wildman–Crippen MR) is 87.3 cm³/mol. The van der Waals surface area contributed by atoms with Crippen molar-refractivity contribution < 1.29 is 9.53 Å². The summed E-state index contributed by atoms with van der Waals surface area (Å²) in [6.45, 7) is 8.33. The normalized spacial score (nSPS) is 11.1. The van der Waals surface area contributed by atoms with Crippen LogP contribution in [0.15, 0.2) is 50.8 Å². The van der Waals surface area contributed by atoms with Crippen LogP contribution in [0.25, 0.3) is 0 Å². The first-order valence-electron chi connectivity index (χ1n) is 7.07. The van der Waals surface area contributed by atoms with Gasteiger partial charge >= 0.3 is 23.0 Å². The highest BCUT2D eigenvalue weighted by atomic mass is 16.5. The van der Waals surface area contributed by atoms with Crippen molar-refractivity contribution in [3.8, 4) is 5.75 Å². The molecule has 0 radical (unpaired) electrons. The minimum absolute atomic E-state index is 0.269. The largest absolute Gasteiger partial charge is 0.423 e.